The molecule has 4 nitrogen and oxygen atoms in total. The van der Waals surface area contributed by atoms with Gasteiger partial charge in [-0.25, -0.2) is 9.59 Å². The molecule has 0 radical (unpaired) electrons. The topological polar surface area (TPSA) is 63.6 Å². The van der Waals surface area contributed by atoms with E-state index < -0.39 is 18.0 Å². The smallest absolute Gasteiger partial charge is 0.345 e. The Balaban J connectivity index is 2.85. The maximum atomic E-state index is 11.4. The lowest BCUT2D eigenvalue weighted by molar-refractivity contribution is -0.151. The highest BCUT2D eigenvalue weighted by atomic mass is 16.6. The molecule has 1 rings (SSSR count). The summed E-state index contributed by atoms with van der Waals surface area (Å²) in [5, 5.41) is 10.0. The molecule has 1 aliphatic rings. The molecule has 2 unspecified atom stereocenters. The lowest BCUT2D eigenvalue weighted by Gasteiger charge is -2.20. The Bertz CT molecular complexity index is 341. The van der Waals surface area contributed by atoms with Crippen LogP contribution < -0.4 is 0 Å². The highest BCUT2D eigenvalue weighted by Crippen LogP contribution is 2.27. The molecule has 0 saturated heterocycles. The van der Waals surface area contributed by atoms with Crippen LogP contribution in [0, 0.1) is 11.8 Å². The quantitative estimate of drug-likeness (QED) is 0.581. The van der Waals surface area contributed by atoms with Gasteiger partial charge in [0.15, 0.2) is 0 Å². The van der Waals surface area contributed by atoms with Crippen molar-refractivity contribution in [2.75, 3.05) is 0 Å². The van der Waals surface area contributed by atoms with Gasteiger partial charge in [0, 0.05) is 5.57 Å². The predicted octanol–water partition coefficient (Wildman–Crippen LogP) is 1.43. The third-order valence-electron chi connectivity index (χ3n) is 2.79. The summed E-state index contributed by atoms with van der Waals surface area (Å²) < 4.78 is 4.45. The highest BCUT2D eigenvalue weighted by Gasteiger charge is 2.36. The Hall–Kier alpha value is -1.16. The van der Waals surface area contributed by atoms with Gasteiger partial charge in [0.2, 0.25) is 0 Å². The van der Waals surface area contributed by atoms with E-state index in [9.17, 15) is 14.7 Å². The van der Waals surface area contributed by atoms with Gasteiger partial charge in [-0.15, -0.1) is 0 Å². The van der Waals surface area contributed by atoms with Crippen molar-refractivity contribution in [2.45, 2.75) is 40.2 Å². The molecule has 0 fully saturated rings. The van der Waals surface area contributed by atoms with Crippen molar-refractivity contribution >= 4 is 11.9 Å². The third-order valence-corrected chi connectivity index (χ3v) is 2.79. The molecule has 1 aliphatic heterocycles. The van der Waals surface area contributed by atoms with Gasteiger partial charge in [0.05, 0.1) is 11.7 Å². The van der Waals surface area contributed by atoms with E-state index in [0.29, 0.717) is 5.92 Å². The molecule has 4 heteroatoms. The van der Waals surface area contributed by atoms with E-state index in [1.807, 2.05) is 20.8 Å². The third kappa shape index (κ3) is 2.50. The van der Waals surface area contributed by atoms with Crippen LogP contribution in [-0.4, -0.2) is 23.1 Å². The minimum absolute atomic E-state index is 0.0663. The Morgan fingerprint density at radius 1 is 1.19 bits per heavy atom. The summed E-state index contributed by atoms with van der Waals surface area (Å²) in [7, 11) is 0. The molecule has 0 aromatic rings. The van der Waals surface area contributed by atoms with Crippen LogP contribution in [0.4, 0.5) is 0 Å². The van der Waals surface area contributed by atoms with Crippen molar-refractivity contribution in [3.63, 3.8) is 0 Å². The summed E-state index contributed by atoms with van der Waals surface area (Å²) in [5.74, 6) is -0.983. The van der Waals surface area contributed by atoms with Crippen molar-refractivity contribution in [1.29, 1.82) is 0 Å². The van der Waals surface area contributed by atoms with Crippen LogP contribution in [0.5, 0.6) is 0 Å². The number of rotatable bonds is 4. The van der Waals surface area contributed by atoms with E-state index in [0.717, 1.165) is 6.42 Å². The first kappa shape index (κ1) is 12.9. The van der Waals surface area contributed by atoms with Gasteiger partial charge >= 0.3 is 11.9 Å². The van der Waals surface area contributed by atoms with Crippen LogP contribution in [-0.2, 0) is 14.3 Å². The van der Waals surface area contributed by atoms with Crippen LogP contribution in [0.3, 0.4) is 0 Å². The Labute approximate surface area is 95.3 Å². The summed E-state index contributed by atoms with van der Waals surface area (Å²) in [6, 6.07) is 0. The molecule has 0 amide bonds. The predicted molar refractivity (Wildman–Crippen MR) is 58.4 cm³/mol. The van der Waals surface area contributed by atoms with E-state index in [-0.39, 0.29) is 17.1 Å². The first-order valence-corrected chi connectivity index (χ1v) is 5.50. The standard InChI is InChI=1S/C12H18O4/c1-6(2)5-7(3)10(13)9-8(4)11(14)16-12(9)15/h6-7,10,13H,5H2,1-4H3. The molecule has 16 heavy (non-hydrogen) atoms. The second kappa shape index (κ2) is 4.78. The maximum Gasteiger partial charge on any atom is 0.345 e. The summed E-state index contributed by atoms with van der Waals surface area (Å²) >= 11 is 0. The summed E-state index contributed by atoms with van der Waals surface area (Å²) in [6.07, 6.45) is -0.124. The van der Waals surface area contributed by atoms with Crippen LogP contribution in [0.1, 0.15) is 34.1 Å². The highest BCUT2D eigenvalue weighted by molar-refractivity contribution is 6.12. The van der Waals surface area contributed by atoms with Gasteiger partial charge < -0.3 is 9.84 Å². The van der Waals surface area contributed by atoms with Crippen molar-refractivity contribution < 1.29 is 19.4 Å². The van der Waals surface area contributed by atoms with Crippen molar-refractivity contribution in [2.24, 2.45) is 11.8 Å². The molecule has 90 valence electrons. The van der Waals surface area contributed by atoms with E-state index in [1.165, 1.54) is 6.92 Å². The molecule has 1 heterocycles. The molecule has 2 atom stereocenters. The zero-order valence-electron chi connectivity index (χ0n) is 10.1. The molecular formula is C12H18O4. The molecule has 1 N–H and O–H groups in total. The molecule has 0 spiro atoms. The van der Waals surface area contributed by atoms with E-state index in [2.05, 4.69) is 4.74 Å². The number of carbonyl (C=O) groups excluding carboxylic acids is 2. The molecule has 0 aromatic carbocycles. The molecular weight excluding hydrogens is 208 g/mol. The van der Waals surface area contributed by atoms with Crippen LogP contribution in [0.25, 0.3) is 0 Å². The van der Waals surface area contributed by atoms with Gasteiger partial charge in [0.25, 0.3) is 0 Å². The molecule has 0 aromatic heterocycles. The Morgan fingerprint density at radius 3 is 2.12 bits per heavy atom. The largest absolute Gasteiger partial charge is 0.388 e. The lowest BCUT2D eigenvalue weighted by Crippen LogP contribution is -2.25. The lowest BCUT2D eigenvalue weighted by atomic mass is 9.88. The number of esters is 2. The number of aliphatic hydroxyl groups is 1. The van der Waals surface area contributed by atoms with Crippen molar-refractivity contribution in [1.82, 2.24) is 0 Å². The van der Waals surface area contributed by atoms with Gasteiger partial charge in [-0.2, -0.15) is 0 Å². The van der Waals surface area contributed by atoms with Crippen molar-refractivity contribution in [3.8, 4) is 0 Å². The second-order valence-corrected chi connectivity index (χ2v) is 4.77. The van der Waals surface area contributed by atoms with Gasteiger partial charge in [-0.1, -0.05) is 20.8 Å². The molecule has 0 aliphatic carbocycles. The number of carbonyl (C=O) groups is 2. The van der Waals surface area contributed by atoms with E-state index >= 15 is 0 Å². The maximum absolute atomic E-state index is 11.4. The van der Waals surface area contributed by atoms with Crippen molar-refractivity contribution in [3.05, 3.63) is 11.1 Å². The van der Waals surface area contributed by atoms with Gasteiger partial charge in [-0.3, -0.25) is 0 Å². The molecule has 0 bridgehead atoms. The first-order chi connectivity index (χ1) is 7.34. The zero-order chi connectivity index (χ0) is 12.5. The average Bonchev–Trinajstić information content (AvgIpc) is 2.39. The number of cyclic esters (lactones) is 2. The normalized spacial score (nSPS) is 20.4. The van der Waals surface area contributed by atoms with Gasteiger partial charge in [0.1, 0.15) is 0 Å². The SMILES string of the molecule is CC1=C(C(O)C(C)CC(C)C)C(=O)OC1=O. The van der Waals surface area contributed by atoms with Crippen LogP contribution in [0.15, 0.2) is 11.1 Å². The van der Waals surface area contributed by atoms with Crippen LogP contribution in [0.2, 0.25) is 0 Å². The molecule has 0 saturated carbocycles. The fourth-order valence-corrected chi connectivity index (χ4v) is 1.98. The van der Waals surface area contributed by atoms with Gasteiger partial charge in [-0.05, 0) is 25.2 Å². The summed E-state index contributed by atoms with van der Waals surface area (Å²) in [6.45, 7) is 7.46. The minimum Gasteiger partial charge on any atom is -0.388 e. The minimum atomic E-state index is -0.915. The summed E-state index contributed by atoms with van der Waals surface area (Å²) in [4.78, 5) is 22.5. The number of aliphatic hydroxyl groups excluding tert-OH is 1. The van der Waals surface area contributed by atoms with E-state index in [4.69, 9.17) is 0 Å². The average molecular weight is 226 g/mol. The monoisotopic (exact) mass is 226 g/mol. The second-order valence-electron chi connectivity index (χ2n) is 4.77. The summed E-state index contributed by atoms with van der Waals surface area (Å²) in [5.41, 5.74) is 0.353. The number of ether oxygens (including phenoxy) is 1. The Kier molecular flexibility index (Phi) is 3.86. The first-order valence-electron chi connectivity index (χ1n) is 5.50. The zero-order valence-corrected chi connectivity index (χ0v) is 10.1. The fraction of sp³-hybridized carbons (Fsp3) is 0.667. The number of hydrogen-bond acceptors (Lipinski definition) is 4. The fourth-order valence-electron chi connectivity index (χ4n) is 1.98. The van der Waals surface area contributed by atoms with Crippen LogP contribution >= 0.6 is 0 Å². The van der Waals surface area contributed by atoms with E-state index in [1.54, 1.807) is 0 Å². The number of hydrogen-bond donors (Lipinski definition) is 1. The Morgan fingerprint density at radius 2 is 1.75 bits per heavy atom.